The molecular formula is C22H20ClN3O2. The molecule has 3 rings (SSSR count). The number of nitrogens with zero attached hydrogens (tertiary/aromatic N) is 1. The lowest BCUT2D eigenvalue weighted by Crippen LogP contribution is -2.23. The van der Waals surface area contributed by atoms with E-state index in [4.69, 9.17) is 11.6 Å². The second kappa shape index (κ2) is 8.67. The zero-order valence-corrected chi connectivity index (χ0v) is 16.4. The minimum absolute atomic E-state index is 0.179. The van der Waals surface area contributed by atoms with Gasteiger partial charge in [-0.1, -0.05) is 29.8 Å². The molecule has 0 spiro atoms. The molecule has 0 atom stereocenters. The number of carbonyl (C=O) groups is 2. The molecule has 0 aliphatic rings. The number of rotatable bonds is 5. The number of aromatic nitrogens is 1. The third-order valence-corrected chi connectivity index (χ3v) is 4.35. The van der Waals surface area contributed by atoms with Crippen LogP contribution in [0.15, 0.2) is 60.8 Å². The van der Waals surface area contributed by atoms with E-state index in [-0.39, 0.29) is 17.5 Å². The van der Waals surface area contributed by atoms with Crippen molar-refractivity contribution in [1.29, 1.82) is 0 Å². The lowest BCUT2D eigenvalue weighted by Gasteiger charge is -2.09. The number of amides is 2. The normalized spacial score (nSPS) is 10.4. The number of halogens is 1. The van der Waals surface area contributed by atoms with E-state index in [1.165, 1.54) is 12.3 Å². The van der Waals surface area contributed by atoms with Crippen molar-refractivity contribution in [2.75, 3.05) is 5.32 Å². The van der Waals surface area contributed by atoms with E-state index in [0.717, 1.165) is 16.7 Å². The predicted molar refractivity (Wildman–Crippen MR) is 111 cm³/mol. The molecule has 0 unspecified atom stereocenters. The fourth-order valence-electron chi connectivity index (χ4n) is 2.82. The molecule has 0 bridgehead atoms. The van der Waals surface area contributed by atoms with E-state index in [0.29, 0.717) is 22.8 Å². The van der Waals surface area contributed by atoms with Crippen molar-refractivity contribution in [3.05, 3.63) is 93.8 Å². The van der Waals surface area contributed by atoms with Gasteiger partial charge in [0.25, 0.3) is 11.8 Å². The highest BCUT2D eigenvalue weighted by atomic mass is 35.5. The molecule has 0 aliphatic heterocycles. The summed E-state index contributed by atoms with van der Waals surface area (Å²) in [5.74, 6) is -0.643. The molecule has 3 aromatic rings. The Kier molecular flexibility index (Phi) is 6.06. The van der Waals surface area contributed by atoms with Crippen molar-refractivity contribution >= 4 is 29.1 Å². The summed E-state index contributed by atoms with van der Waals surface area (Å²) in [6.45, 7) is 4.29. The molecule has 28 heavy (non-hydrogen) atoms. The smallest absolute Gasteiger partial charge is 0.274 e. The van der Waals surface area contributed by atoms with Crippen LogP contribution in [0.5, 0.6) is 0 Å². The first-order chi connectivity index (χ1) is 13.4. The first kappa shape index (κ1) is 19.6. The molecule has 1 heterocycles. The summed E-state index contributed by atoms with van der Waals surface area (Å²) in [4.78, 5) is 29.0. The fraction of sp³-hybridized carbons (Fsp3) is 0.136. The number of pyridine rings is 1. The van der Waals surface area contributed by atoms with Crippen LogP contribution in [-0.4, -0.2) is 16.8 Å². The summed E-state index contributed by atoms with van der Waals surface area (Å²) in [5.41, 5.74) is 4.28. The number of aryl methyl sites for hydroxylation is 2. The standard InChI is InChI=1S/C22H20ClN3O2/c1-14-9-15(2)11-19(10-14)26-22(28)20-12-17(7-8-24-20)21(27)25-13-16-3-5-18(23)6-4-16/h3-12H,13H2,1-2H3,(H,25,27)(H,26,28). The first-order valence-corrected chi connectivity index (χ1v) is 9.17. The zero-order chi connectivity index (χ0) is 20.1. The molecule has 6 heteroatoms. The minimum atomic E-state index is -0.364. The number of anilines is 1. The molecule has 0 saturated carbocycles. The molecule has 0 aliphatic carbocycles. The van der Waals surface area contributed by atoms with Crippen LogP contribution >= 0.6 is 11.6 Å². The van der Waals surface area contributed by atoms with Gasteiger partial charge in [0.2, 0.25) is 0 Å². The third-order valence-electron chi connectivity index (χ3n) is 4.10. The Morgan fingerprint density at radius 3 is 2.29 bits per heavy atom. The average molecular weight is 394 g/mol. The summed E-state index contributed by atoms with van der Waals surface area (Å²) in [6.07, 6.45) is 1.45. The third kappa shape index (κ3) is 5.18. The van der Waals surface area contributed by atoms with Gasteiger partial charge in [-0.25, -0.2) is 0 Å². The second-order valence-electron chi connectivity index (χ2n) is 6.57. The van der Waals surface area contributed by atoms with Gasteiger partial charge in [0.05, 0.1) is 0 Å². The number of carbonyl (C=O) groups excluding carboxylic acids is 2. The maximum absolute atomic E-state index is 12.5. The van der Waals surface area contributed by atoms with Crippen LogP contribution < -0.4 is 10.6 Å². The lowest BCUT2D eigenvalue weighted by molar-refractivity contribution is 0.0951. The van der Waals surface area contributed by atoms with Crippen molar-refractivity contribution in [2.24, 2.45) is 0 Å². The zero-order valence-electron chi connectivity index (χ0n) is 15.6. The first-order valence-electron chi connectivity index (χ1n) is 8.79. The Balaban J connectivity index is 1.67. The highest BCUT2D eigenvalue weighted by Gasteiger charge is 2.12. The largest absolute Gasteiger partial charge is 0.348 e. The van der Waals surface area contributed by atoms with Crippen LogP contribution in [0.1, 0.15) is 37.5 Å². The summed E-state index contributed by atoms with van der Waals surface area (Å²) < 4.78 is 0. The molecular weight excluding hydrogens is 374 g/mol. The van der Waals surface area contributed by atoms with Crippen LogP contribution in [0.4, 0.5) is 5.69 Å². The molecule has 5 nitrogen and oxygen atoms in total. The number of nitrogens with one attached hydrogen (secondary N) is 2. The van der Waals surface area contributed by atoms with Gasteiger partial charge in [-0.2, -0.15) is 0 Å². The fourth-order valence-corrected chi connectivity index (χ4v) is 2.95. The molecule has 0 radical (unpaired) electrons. The van der Waals surface area contributed by atoms with Crippen LogP contribution in [0.3, 0.4) is 0 Å². The topological polar surface area (TPSA) is 71.1 Å². The quantitative estimate of drug-likeness (QED) is 0.668. The number of hydrogen-bond donors (Lipinski definition) is 2. The predicted octanol–water partition coefficient (Wildman–Crippen LogP) is 4.53. The van der Waals surface area contributed by atoms with Crippen LogP contribution in [-0.2, 0) is 6.54 Å². The number of hydrogen-bond acceptors (Lipinski definition) is 3. The van der Waals surface area contributed by atoms with Crippen molar-refractivity contribution in [3.8, 4) is 0 Å². The van der Waals surface area contributed by atoms with Gasteiger partial charge in [-0.3, -0.25) is 14.6 Å². The van der Waals surface area contributed by atoms with Gasteiger partial charge in [0, 0.05) is 29.0 Å². The highest BCUT2D eigenvalue weighted by molar-refractivity contribution is 6.30. The van der Waals surface area contributed by atoms with Gasteiger partial charge in [-0.05, 0) is 66.9 Å². The van der Waals surface area contributed by atoms with Crippen LogP contribution in [0, 0.1) is 13.8 Å². The van der Waals surface area contributed by atoms with E-state index >= 15 is 0 Å². The number of benzene rings is 2. The SMILES string of the molecule is Cc1cc(C)cc(NC(=O)c2cc(C(=O)NCc3ccc(Cl)cc3)ccn2)c1. The minimum Gasteiger partial charge on any atom is -0.348 e. The van der Waals surface area contributed by atoms with Gasteiger partial charge >= 0.3 is 0 Å². The molecule has 2 amide bonds. The van der Waals surface area contributed by atoms with Crippen molar-refractivity contribution < 1.29 is 9.59 Å². The van der Waals surface area contributed by atoms with Crippen LogP contribution in [0.2, 0.25) is 5.02 Å². The van der Waals surface area contributed by atoms with Gasteiger partial charge < -0.3 is 10.6 Å². The van der Waals surface area contributed by atoms with E-state index in [9.17, 15) is 9.59 Å². The van der Waals surface area contributed by atoms with Gasteiger partial charge in [0.1, 0.15) is 5.69 Å². The Hall–Kier alpha value is -3.18. The lowest BCUT2D eigenvalue weighted by atomic mass is 10.1. The Labute approximate surface area is 168 Å². The molecule has 1 aromatic heterocycles. The van der Waals surface area contributed by atoms with Crippen LogP contribution in [0.25, 0.3) is 0 Å². The van der Waals surface area contributed by atoms with E-state index in [1.807, 2.05) is 44.2 Å². The maximum Gasteiger partial charge on any atom is 0.274 e. The van der Waals surface area contributed by atoms with Crippen molar-refractivity contribution in [3.63, 3.8) is 0 Å². The van der Waals surface area contributed by atoms with Crippen molar-refractivity contribution in [2.45, 2.75) is 20.4 Å². The molecule has 2 aromatic carbocycles. The molecule has 142 valence electrons. The average Bonchev–Trinajstić information content (AvgIpc) is 2.66. The van der Waals surface area contributed by atoms with Gasteiger partial charge in [-0.15, -0.1) is 0 Å². The Morgan fingerprint density at radius 1 is 0.929 bits per heavy atom. The highest BCUT2D eigenvalue weighted by Crippen LogP contribution is 2.15. The Morgan fingerprint density at radius 2 is 1.61 bits per heavy atom. The van der Waals surface area contributed by atoms with Gasteiger partial charge in [0.15, 0.2) is 0 Å². The van der Waals surface area contributed by atoms with E-state index < -0.39 is 0 Å². The molecule has 0 fully saturated rings. The summed E-state index contributed by atoms with van der Waals surface area (Å²) in [5, 5.41) is 6.29. The summed E-state index contributed by atoms with van der Waals surface area (Å²) in [6, 6.07) is 16.1. The summed E-state index contributed by atoms with van der Waals surface area (Å²) >= 11 is 5.86. The Bertz CT molecular complexity index is 996. The maximum atomic E-state index is 12.5. The summed E-state index contributed by atoms with van der Waals surface area (Å²) in [7, 11) is 0. The molecule has 0 saturated heterocycles. The second-order valence-corrected chi connectivity index (χ2v) is 7.01. The van der Waals surface area contributed by atoms with E-state index in [2.05, 4.69) is 15.6 Å². The molecule has 2 N–H and O–H groups in total. The van der Waals surface area contributed by atoms with Crippen molar-refractivity contribution in [1.82, 2.24) is 10.3 Å². The monoisotopic (exact) mass is 393 g/mol. The van der Waals surface area contributed by atoms with E-state index in [1.54, 1.807) is 18.2 Å².